The minimum Gasteiger partial charge on any atom is -0.454 e. The Bertz CT molecular complexity index is 1820. The summed E-state index contributed by atoms with van der Waals surface area (Å²) in [6.07, 6.45) is 7.80. The van der Waals surface area contributed by atoms with E-state index in [0.717, 1.165) is 35.0 Å². The maximum absolute atomic E-state index is 13.9. The zero-order chi connectivity index (χ0) is 38.0. The number of hydrogen-bond acceptors (Lipinski definition) is 9. The summed E-state index contributed by atoms with van der Waals surface area (Å²) in [5, 5.41) is 66.4. The Hall–Kier alpha value is -2.58. The number of fused-ring (bicyclic) bond motifs is 6. The van der Waals surface area contributed by atoms with Crippen molar-refractivity contribution in [2.24, 2.45) is 58.2 Å². The topological polar surface area (TPSA) is 157 Å². The molecular formula is C45H59NO8. The Labute approximate surface area is 319 Å². The molecule has 9 aliphatic rings. The van der Waals surface area contributed by atoms with E-state index in [4.69, 9.17) is 4.74 Å². The van der Waals surface area contributed by atoms with Gasteiger partial charge >= 0.3 is 5.97 Å². The quantitative estimate of drug-likeness (QED) is 0.153. The van der Waals surface area contributed by atoms with Crippen molar-refractivity contribution in [2.75, 3.05) is 7.05 Å². The normalized spacial score (nSPS) is 48.8. The van der Waals surface area contributed by atoms with E-state index >= 15 is 0 Å². The number of rotatable bonds is 4. The Balaban J connectivity index is 1.22. The van der Waals surface area contributed by atoms with Crippen molar-refractivity contribution in [1.82, 2.24) is 5.32 Å². The van der Waals surface area contributed by atoms with Crippen LogP contribution in [0.4, 0.5) is 0 Å². The van der Waals surface area contributed by atoms with Crippen LogP contribution in [0.15, 0.2) is 29.8 Å². The van der Waals surface area contributed by atoms with Crippen molar-refractivity contribution in [3.8, 4) is 11.8 Å². The van der Waals surface area contributed by atoms with Crippen LogP contribution in [0.2, 0.25) is 0 Å². The molecular weight excluding hydrogens is 682 g/mol. The van der Waals surface area contributed by atoms with Gasteiger partial charge in [-0.25, -0.2) is 4.79 Å². The van der Waals surface area contributed by atoms with Crippen LogP contribution in [0.5, 0.6) is 0 Å². The maximum Gasteiger partial charge on any atom is 0.331 e. The van der Waals surface area contributed by atoms with Gasteiger partial charge in [0, 0.05) is 47.3 Å². The molecule has 8 aliphatic carbocycles. The number of aliphatic hydroxyl groups is 5. The minimum atomic E-state index is -1.69. The number of hydrogen-bond donors (Lipinski definition) is 6. The summed E-state index contributed by atoms with van der Waals surface area (Å²) >= 11 is 0. The number of esters is 1. The summed E-state index contributed by atoms with van der Waals surface area (Å²) < 4.78 is 6.21. The monoisotopic (exact) mass is 741 g/mol. The Morgan fingerprint density at radius 1 is 1.06 bits per heavy atom. The van der Waals surface area contributed by atoms with Crippen LogP contribution < -0.4 is 5.32 Å². The lowest BCUT2D eigenvalue weighted by Crippen LogP contribution is -2.80. The zero-order valence-electron chi connectivity index (χ0n) is 32.1. The fourth-order valence-corrected chi connectivity index (χ4v) is 15.3. The Kier molecular flexibility index (Phi) is 8.72. The standard InChI is InChI=1S/C45H59NO8/c1-25(2)27-10-11-34-36(49)12-15-42(24-48)37-13-16-41-14-5-4-7-26-8-6-9-28(23-47)31(26)19-35(46-3)32-18-29(39(41)33-20-38(50)54-40(32)33)21-44(41,52)43(37,51)22-30(17-27)45(34,42)53/h6,8-9,20,24-25,27,29-30,32,34-37,39-40,46-47,49,51-53H,5,10-19,21-23H2,1-3H3/t27-,29+,30-,32-,34+,35-,36+,37-,39-,40+,41-,42-,43-,44-,45+/m1/s1. The minimum absolute atomic E-state index is 0.0663. The third kappa shape index (κ3) is 4.62. The number of aliphatic hydroxyl groups excluding tert-OH is 2. The van der Waals surface area contributed by atoms with Gasteiger partial charge in [-0.15, -0.1) is 0 Å². The molecule has 1 spiro atoms. The van der Waals surface area contributed by atoms with E-state index in [1.807, 2.05) is 25.2 Å². The molecule has 15 atom stereocenters. The summed E-state index contributed by atoms with van der Waals surface area (Å²) in [6.45, 7) is 4.28. The Morgan fingerprint density at radius 2 is 1.87 bits per heavy atom. The Morgan fingerprint density at radius 3 is 2.61 bits per heavy atom. The number of nitrogens with one attached hydrogen (secondary N) is 1. The molecule has 10 rings (SSSR count). The molecule has 0 aromatic heterocycles. The van der Waals surface area contributed by atoms with Crippen LogP contribution >= 0.6 is 0 Å². The molecule has 9 nitrogen and oxygen atoms in total. The van der Waals surface area contributed by atoms with E-state index in [9.17, 15) is 35.1 Å². The third-order valence-corrected chi connectivity index (χ3v) is 17.5. The molecule has 6 fully saturated rings. The van der Waals surface area contributed by atoms with Gasteiger partial charge in [0.25, 0.3) is 0 Å². The summed E-state index contributed by atoms with van der Waals surface area (Å²) in [5.41, 5.74) is -3.37. The highest BCUT2D eigenvalue weighted by atomic mass is 16.5. The maximum atomic E-state index is 13.9. The highest BCUT2D eigenvalue weighted by Gasteiger charge is 2.82. The second kappa shape index (κ2) is 12.7. The van der Waals surface area contributed by atoms with E-state index in [0.29, 0.717) is 70.1 Å². The summed E-state index contributed by atoms with van der Waals surface area (Å²) in [6, 6.07) is 5.73. The molecule has 0 saturated heterocycles. The predicted molar refractivity (Wildman–Crippen MR) is 200 cm³/mol. The first-order chi connectivity index (χ1) is 25.8. The van der Waals surface area contributed by atoms with Crippen LogP contribution in [0.25, 0.3) is 0 Å². The average molecular weight is 742 g/mol. The first kappa shape index (κ1) is 37.0. The van der Waals surface area contributed by atoms with Crippen molar-refractivity contribution in [1.29, 1.82) is 0 Å². The summed E-state index contributed by atoms with van der Waals surface area (Å²) in [5.74, 6) is 5.04. The molecule has 6 N–H and O–H groups in total. The van der Waals surface area contributed by atoms with Gasteiger partial charge in [-0.2, -0.15) is 0 Å². The SMILES string of the molecule is CN[C@@H]1Cc2c(cccc2CO)C#CCC[C@]23CC[C@H]4[C@](O)(C[C@H]5C[C@H](C(C)C)CC[C@H]6[C@@H](O)CC[C@]4(C=O)[C@]56O)[C@@]2(O)C[C@@H]2C[C@H]1[C@@H]1OC(=O)C=C1[C@@H]23. The third-order valence-electron chi connectivity index (χ3n) is 17.5. The van der Waals surface area contributed by atoms with Gasteiger partial charge in [0.05, 0.1) is 29.3 Å². The fourth-order valence-electron chi connectivity index (χ4n) is 15.3. The van der Waals surface area contributed by atoms with Crippen molar-refractivity contribution in [2.45, 2.75) is 139 Å². The van der Waals surface area contributed by atoms with Gasteiger partial charge in [0.15, 0.2) is 0 Å². The highest BCUT2D eigenvalue weighted by molar-refractivity contribution is 5.86. The average Bonchev–Trinajstić information content (AvgIpc) is 3.60. The predicted octanol–water partition coefficient (Wildman–Crippen LogP) is 3.98. The number of likely N-dealkylation sites (N-methyl/N-ethyl adjacent to an activating group) is 1. The van der Waals surface area contributed by atoms with E-state index in [1.54, 1.807) is 6.08 Å². The zero-order valence-corrected chi connectivity index (χ0v) is 32.1. The van der Waals surface area contributed by atoms with Gasteiger partial charge in [-0.05, 0) is 136 Å². The van der Waals surface area contributed by atoms with Crippen molar-refractivity contribution in [3.05, 3.63) is 46.5 Å². The largest absolute Gasteiger partial charge is 0.454 e. The van der Waals surface area contributed by atoms with E-state index in [-0.39, 0.29) is 55.1 Å². The molecule has 6 saturated carbocycles. The molecule has 4 bridgehead atoms. The molecule has 0 unspecified atom stereocenters. The first-order valence-electron chi connectivity index (χ1n) is 20.9. The van der Waals surface area contributed by atoms with Gasteiger partial charge in [-0.3, -0.25) is 0 Å². The van der Waals surface area contributed by atoms with Crippen LogP contribution in [0.3, 0.4) is 0 Å². The number of carbonyl (C=O) groups excluding carboxylic acids is 2. The smallest absolute Gasteiger partial charge is 0.331 e. The van der Waals surface area contributed by atoms with Crippen LogP contribution in [-0.2, 0) is 27.4 Å². The summed E-state index contributed by atoms with van der Waals surface area (Å²) in [7, 11) is 1.92. The second-order valence-electron chi connectivity index (χ2n) is 19.3. The lowest BCUT2D eigenvalue weighted by Gasteiger charge is -2.72. The molecule has 1 heterocycles. The lowest BCUT2D eigenvalue weighted by molar-refractivity contribution is -0.343. The highest BCUT2D eigenvalue weighted by Crippen LogP contribution is 2.77. The fraction of sp³-hybridized carbons (Fsp3) is 0.733. The van der Waals surface area contributed by atoms with Crippen molar-refractivity contribution < 1.29 is 39.9 Å². The number of carbonyl (C=O) groups is 2. The first-order valence-corrected chi connectivity index (χ1v) is 20.9. The van der Waals surface area contributed by atoms with E-state index < -0.39 is 57.6 Å². The van der Waals surface area contributed by atoms with Gasteiger partial charge < -0.3 is 40.4 Å². The summed E-state index contributed by atoms with van der Waals surface area (Å²) in [4.78, 5) is 27.2. The van der Waals surface area contributed by atoms with E-state index in [1.165, 1.54) is 0 Å². The molecule has 9 heteroatoms. The number of aldehydes is 1. The van der Waals surface area contributed by atoms with Crippen LogP contribution in [-0.4, -0.2) is 79.9 Å². The molecule has 1 aromatic rings. The van der Waals surface area contributed by atoms with Crippen LogP contribution in [0.1, 0.15) is 108 Å². The number of ether oxygens (including phenoxy) is 1. The molecule has 54 heavy (non-hydrogen) atoms. The van der Waals surface area contributed by atoms with Gasteiger partial charge in [-0.1, -0.05) is 37.8 Å². The molecule has 1 aromatic carbocycles. The second-order valence-corrected chi connectivity index (χ2v) is 19.3. The number of benzene rings is 1. The molecule has 0 amide bonds. The molecule has 292 valence electrons. The van der Waals surface area contributed by atoms with E-state index in [2.05, 4.69) is 31.0 Å². The van der Waals surface area contributed by atoms with Crippen molar-refractivity contribution in [3.63, 3.8) is 0 Å². The molecule has 0 radical (unpaired) electrons. The van der Waals surface area contributed by atoms with Crippen molar-refractivity contribution >= 4 is 12.3 Å². The molecule has 1 aliphatic heterocycles. The van der Waals surface area contributed by atoms with Gasteiger partial charge in [0.1, 0.15) is 18.0 Å². The van der Waals surface area contributed by atoms with Crippen LogP contribution in [0, 0.1) is 70.0 Å². The van der Waals surface area contributed by atoms with Gasteiger partial charge in [0.2, 0.25) is 0 Å². The lowest BCUT2D eigenvalue weighted by atomic mass is 9.36.